The van der Waals surface area contributed by atoms with Crippen LogP contribution in [0.15, 0.2) is 29.3 Å². The first kappa shape index (κ1) is 11.0. The Labute approximate surface area is 103 Å². The molecule has 3 rings (SSSR count). The number of fused-ring (bicyclic) bond motifs is 1. The van der Waals surface area contributed by atoms with Gasteiger partial charge in [0, 0.05) is 31.8 Å². The number of nitrogens with zero attached hydrogens (tertiary/aromatic N) is 2. The molecule has 1 saturated heterocycles. The molecule has 1 heterocycles. The molecule has 90 valence electrons. The van der Waals surface area contributed by atoms with Crippen LogP contribution in [0, 0.1) is 5.92 Å². The van der Waals surface area contributed by atoms with E-state index in [1.807, 2.05) is 7.05 Å². The Kier molecular flexibility index (Phi) is 2.98. The van der Waals surface area contributed by atoms with Gasteiger partial charge in [0.15, 0.2) is 0 Å². The quantitative estimate of drug-likeness (QED) is 0.711. The molecule has 2 atom stereocenters. The zero-order valence-electron chi connectivity index (χ0n) is 10.5. The molecule has 1 aliphatic heterocycles. The highest BCUT2D eigenvalue weighted by atomic mass is 15.2. The third kappa shape index (κ3) is 2.02. The van der Waals surface area contributed by atoms with Crippen LogP contribution in [0.4, 0.5) is 0 Å². The monoisotopic (exact) mass is 228 g/mol. The standard InChI is InChI=1S/C15H20N2/c1-16-10-12-8-9-17(11-12)15-7-6-13-4-2-3-5-14(13)15/h2-5,10,12,15H,6-9,11H2,1H3/b16-10+/t12?,15-/m1/s1. The Morgan fingerprint density at radius 3 is 3.06 bits per heavy atom. The van der Waals surface area contributed by atoms with Crippen molar-refractivity contribution in [2.75, 3.05) is 20.1 Å². The summed E-state index contributed by atoms with van der Waals surface area (Å²) >= 11 is 0. The molecule has 1 aromatic rings. The van der Waals surface area contributed by atoms with E-state index in [-0.39, 0.29) is 0 Å². The highest BCUT2D eigenvalue weighted by Gasteiger charge is 2.32. The minimum Gasteiger partial charge on any atom is -0.301 e. The Balaban J connectivity index is 1.75. The lowest BCUT2D eigenvalue weighted by Gasteiger charge is -2.24. The Bertz CT molecular complexity index is 425. The molecule has 0 bridgehead atoms. The summed E-state index contributed by atoms with van der Waals surface area (Å²) in [4.78, 5) is 6.82. The lowest BCUT2D eigenvalue weighted by atomic mass is 10.1. The second kappa shape index (κ2) is 4.61. The van der Waals surface area contributed by atoms with E-state index in [9.17, 15) is 0 Å². The molecule has 0 saturated carbocycles. The number of hydrogen-bond donors (Lipinski definition) is 0. The van der Waals surface area contributed by atoms with E-state index in [2.05, 4.69) is 40.4 Å². The maximum absolute atomic E-state index is 4.17. The van der Waals surface area contributed by atoms with Gasteiger partial charge in [0.2, 0.25) is 0 Å². The topological polar surface area (TPSA) is 15.6 Å². The highest BCUT2D eigenvalue weighted by Crippen LogP contribution is 2.37. The van der Waals surface area contributed by atoms with Crippen molar-refractivity contribution in [2.24, 2.45) is 10.9 Å². The fourth-order valence-corrected chi connectivity index (χ4v) is 3.34. The molecule has 2 nitrogen and oxygen atoms in total. The van der Waals surface area contributed by atoms with Crippen molar-refractivity contribution < 1.29 is 0 Å². The van der Waals surface area contributed by atoms with E-state index in [1.165, 1.54) is 32.4 Å². The van der Waals surface area contributed by atoms with Gasteiger partial charge in [-0.15, -0.1) is 0 Å². The molecule has 0 N–H and O–H groups in total. The van der Waals surface area contributed by atoms with E-state index in [1.54, 1.807) is 11.1 Å². The predicted molar refractivity (Wildman–Crippen MR) is 71.6 cm³/mol. The van der Waals surface area contributed by atoms with Crippen LogP contribution in [0.5, 0.6) is 0 Å². The van der Waals surface area contributed by atoms with Crippen molar-refractivity contribution >= 4 is 6.21 Å². The van der Waals surface area contributed by atoms with Gasteiger partial charge in [0.1, 0.15) is 0 Å². The number of likely N-dealkylation sites (tertiary alicyclic amines) is 1. The molecule has 17 heavy (non-hydrogen) atoms. The van der Waals surface area contributed by atoms with Crippen LogP contribution >= 0.6 is 0 Å². The van der Waals surface area contributed by atoms with Crippen molar-refractivity contribution in [1.29, 1.82) is 0 Å². The second-order valence-corrected chi connectivity index (χ2v) is 5.20. The van der Waals surface area contributed by atoms with Gasteiger partial charge in [0.05, 0.1) is 0 Å². The average Bonchev–Trinajstić information content (AvgIpc) is 2.95. The predicted octanol–water partition coefficient (Wildman–Crippen LogP) is 2.70. The Morgan fingerprint density at radius 1 is 1.29 bits per heavy atom. The molecule has 0 radical (unpaired) electrons. The molecule has 0 aromatic heterocycles. The third-order valence-corrected chi connectivity index (χ3v) is 4.16. The smallest absolute Gasteiger partial charge is 0.0354 e. The van der Waals surface area contributed by atoms with Crippen LogP contribution in [0.1, 0.15) is 30.0 Å². The zero-order chi connectivity index (χ0) is 11.7. The molecule has 0 amide bonds. The molecule has 1 aromatic carbocycles. The highest BCUT2D eigenvalue weighted by molar-refractivity contribution is 5.61. The molecule has 0 spiro atoms. The van der Waals surface area contributed by atoms with Crippen LogP contribution in [-0.2, 0) is 6.42 Å². The first-order valence-electron chi connectivity index (χ1n) is 6.62. The number of rotatable bonds is 2. The van der Waals surface area contributed by atoms with Gasteiger partial charge >= 0.3 is 0 Å². The van der Waals surface area contributed by atoms with Crippen LogP contribution in [0.3, 0.4) is 0 Å². The van der Waals surface area contributed by atoms with Crippen LogP contribution < -0.4 is 0 Å². The molecule has 2 heteroatoms. The maximum atomic E-state index is 4.17. The number of aryl methyl sites for hydroxylation is 1. The summed E-state index contributed by atoms with van der Waals surface area (Å²) < 4.78 is 0. The summed E-state index contributed by atoms with van der Waals surface area (Å²) in [7, 11) is 1.88. The zero-order valence-corrected chi connectivity index (χ0v) is 10.5. The largest absolute Gasteiger partial charge is 0.301 e. The molecular formula is C15H20N2. The van der Waals surface area contributed by atoms with E-state index in [4.69, 9.17) is 0 Å². The first-order valence-corrected chi connectivity index (χ1v) is 6.62. The number of benzene rings is 1. The van der Waals surface area contributed by atoms with Crippen molar-refractivity contribution in [3.63, 3.8) is 0 Å². The third-order valence-electron chi connectivity index (χ3n) is 4.16. The number of aliphatic imine (C=N–C) groups is 1. The van der Waals surface area contributed by atoms with Crippen LogP contribution in [-0.4, -0.2) is 31.3 Å². The van der Waals surface area contributed by atoms with Gasteiger partial charge in [-0.2, -0.15) is 0 Å². The molecule has 1 fully saturated rings. The van der Waals surface area contributed by atoms with E-state index in [0.29, 0.717) is 12.0 Å². The second-order valence-electron chi connectivity index (χ2n) is 5.20. The molecule has 1 unspecified atom stereocenters. The number of hydrogen-bond acceptors (Lipinski definition) is 2. The molecule has 2 aliphatic rings. The summed E-state index contributed by atoms with van der Waals surface area (Å²) in [5, 5.41) is 0. The molecular weight excluding hydrogens is 208 g/mol. The Morgan fingerprint density at radius 2 is 2.18 bits per heavy atom. The average molecular weight is 228 g/mol. The lowest BCUT2D eigenvalue weighted by Crippen LogP contribution is -2.25. The van der Waals surface area contributed by atoms with E-state index < -0.39 is 0 Å². The van der Waals surface area contributed by atoms with Gasteiger partial charge < -0.3 is 4.99 Å². The normalized spacial score (nSPS) is 29.0. The van der Waals surface area contributed by atoms with E-state index in [0.717, 1.165) is 0 Å². The van der Waals surface area contributed by atoms with Crippen LogP contribution in [0.25, 0.3) is 0 Å². The van der Waals surface area contributed by atoms with Gasteiger partial charge in [-0.05, 0) is 36.9 Å². The van der Waals surface area contributed by atoms with Crippen molar-refractivity contribution in [2.45, 2.75) is 25.3 Å². The summed E-state index contributed by atoms with van der Waals surface area (Å²) in [5.74, 6) is 0.674. The fourth-order valence-electron chi connectivity index (χ4n) is 3.34. The SMILES string of the molecule is C/N=C/C1CCN([C@@H]2CCc3ccccc32)C1. The summed E-state index contributed by atoms with van der Waals surface area (Å²) in [5.41, 5.74) is 3.13. The van der Waals surface area contributed by atoms with Crippen molar-refractivity contribution in [3.8, 4) is 0 Å². The van der Waals surface area contributed by atoms with Gasteiger partial charge in [0.25, 0.3) is 0 Å². The Hall–Kier alpha value is -1.15. The van der Waals surface area contributed by atoms with Gasteiger partial charge in [-0.1, -0.05) is 24.3 Å². The summed E-state index contributed by atoms with van der Waals surface area (Å²) in [6.45, 7) is 2.42. The first-order chi connectivity index (χ1) is 8.38. The maximum Gasteiger partial charge on any atom is 0.0354 e. The van der Waals surface area contributed by atoms with Crippen molar-refractivity contribution in [3.05, 3.63) is 35.4 Å². The van der Waals surface area contributed by atoms with Gasteiger partial charge in [-0.3, -0.25) is 4.90 Å². The van der Waals surface area contributed by atoms with Crippen LogP contribution in [0.2, 0.25) is 0 Å². The van der Waals surface area contributed by atoms with Crippen molar-refractivity contribution in [1.82, 2.24) is 4.90 Å². The minimum absolute atomic E-state index is 0.668. The summed E-state index contributed by atoms with van der Waals surface area (Å²) in [6, 6.07) is 9.61. The van der Waals surface area contributed by atoms with E-state index >= 15 is 0 Å². The summed E-state index contributed by atoms with van der Waals surface area (Å²) in [6.07, 6.45) is 5.95. The minimum atomic E-state index is 0.668. The fraction of sp³-hybridized carbons (Fsp3) is 0.533. The lowest BCUT2D eigenvalue weighted by molar-refractivity contribution is 0.242. The molecule has 1 aliphatic carbocycles. The van der Waals surface area contributed by atoms with Gasteiger partial charge in [-0.25, -0.2) is 0 Å².